The van der Waals surface area contributed by atoms with Crippen molar-refractivity contribution in [2.24, 2.45) is 13.0 Å². The highest BCUT2D eigenvalue weighted by molar-refractivity contribution is 9.10. The second-order valence-corrected chi connectivity index (χ2v) is 6.54. The molecule has 9 heteroatoms. The lowest BCUT2D eigenvalue weighted by Gasteiger charge is -2.18. The normalized spacial score (nSPS) is 15.8. The molecule has 0 saturated carbocycles. The van der Waals surface area contributed by atoms with Gasteiger partial charge in [-0.05, 0) is 28.8 Å². The van der Waals surface area contributed by atoms with E-state index < -0.39 is 10.0 Å². The molecule has 0 aromatic carbocycles. The average Bonchev–Trinajstić information content (AvgIpc) is 2.57. The molecule has 0 radical (unpaired) electrons. The molecule has 0 aliphatic rings. The average molecular weight is 346 g/mol. The van der Waals surface area contributed by atoms with Gasteiger partial charge in [0, 0.05) is 19.0 Å². The van der Waals surface area contributed by atoms with Crippen LogP contribution < -0.4 is 4.72 Å². The Balaban J connectivity index is 2.98. The van der Waals surface area contributed by atoms with Crippen molar-refractivity contribution in [1.82, 2.24) is 19.7 Å². The van der Waals surface area contributed by atoms with Gasteiger partial charge >= 0.3 is 0 Å². The van der Waals surface area contributed by atoms with Crippen LogP contribution in [-0.2, 0) is 17.1 Å². The van der Waals surface area contributed by atoms with Crippen molar-refractivity contribution in [3.8, 4) is 0 Å². The maximum absolute atomic E-state index is 12.1. The third kappa shape index (κ3) is 3.40. The van der Waals surface area contributed by atoms with Crippen LogP contribution in [0.25, 0.3) is 0 Å². The van der Waals surface area contributed by atoms with E-state index in [1.165, 1.54) is 11.7 Å². The van der Waals surface area contributed by atoms with Gasteiger partial charge in [0.05, 0.1) is 0 Å². The van der Waals surface area contributed by atoms with Crippen LogP contribution in [0.2, 0.25) is 0 Å². The summed E-state index contributed by atoms with van der Waals surface area (Å²) >= 11 is 8.75. The van der Waals surface area contributed by atoms with Crippen molar-refractivity contribution in [2.45, 2.75) is 24.9 Å². The van der Waals surface area contributed by atoms with Gasteiger partial charge in [-0.2, -0.15) is 0 Å². The molecule has 0 aliphatic carbocycles. The van der Waals surface area contributed by atoms with Gasteiger partial charge < -0.3 is 0 Å². The number of aryl methyl sites for hydroxylation is 1. The Bertz CT molecular complexity index is 470. The molecule has 6 nitrogen and oxygen atoms in total. The first kappa shape index (κ1) is 14.9. The minimum absolute atomic E-state index is 0.00567. The number of hydrogen-bond acceptors (Lipinski definition) is 4. The second-order valence-electron chi connectivity index (χ2n) is 3.85. The zero-order valence-electron chi connectivity index (χ0n) is 9.68. The van der Waals surface area contributed by atoms with Gasteiger partial charge in [0.2, 0.25) is 5.03 Å². The Labute approximate surface area is 114 Å². The molecule has 0 bridgehead atoms. The molecule has 2 unspecified atom stereocenters. The van der Waals surface area contributed by atoms with Crippen molar-refractivity contribution >= 4 is 37.6 Å². The SMILES string of the molecule is CC(CCl)C(C)NS(=O)(=O)c1c(Br)nnn1C. The molecule has 0 saturated heterocycles. The molecule has 0 amide bonds. The molecule has 1 rings (SSSR count). The van der Waals surface area contributed by atoms with Gasteiger partial charge in [-0.3, -0.25) is 0 Å². The summed E-state index contributed by atoms with van der Waals surface area (Å²) in [6, 6.07) is -0.265. The highest BCUT2D eigenvalue weighted by atomic mass is 79.9. The third-order valence-corrected chi connectivity index (χ3v) is 5.36. The summed E-state index contributed by atoms with van der Waals surface area (Å²) in [4.78, 5) is 0. The monoisotopic (exact) mass is 344 g/mol. The Hall–Kier alpha value is -0.180. The van der Waals surface area contributed by atoms with Crippen LogP contribution in [0.1, 0.15) is 13.8 Å². The second kappa shape index (κ2) is 5.64. The van der Waals surface area contributed by atoms with Gasteiger partial charge in [0.1, 0.15) is 0 Å². The standard InChI is InChI=1S/C8H14BrClN4O2S/c1-5(4-10)6(2)12-17(15,16)8-7(9)11-13-14(8)3/h5-6,12H,4H2,1-3H3. The van der Waals surface area contributed by atoms with E-state index in [9.17, 15) is 8.42 Å². The van der Waals surface area contributed by atoms with E-state index >= 15 is 0 Å². The fourth-order valence-electron chi connectivity index (χ4n) is 1.16. The van der Waals surface area contributed by atoms with Crippen LogP contribution in [0.5, 0.6) is 0 Å². The van der Waals surface area contributed by atoms with Crippen molar-refractivity contribution in [3.05, 3.63) is 4.60 Å². The van der Waals surface area contributed by atoms with E-state index in [0.29, 0.717) is 5.88 Å². The maximum atomic E-state index is 12.1. The molecule has 1 aromatic rings. The lowest BCUT2D eigenvalue weighted by Crippen LogP contribution is -2.38. The Morgan fingerprint density at radius 3 is 2.53 bits per heavy atom. The lowest BCUT2D eigenvalue weighted by molar-refractivity contribution is 0.475. The van der Waals surface area contributed by atoms with Gasteiger partial charge in [0.25, 0.3) is 10.0 Å². The van der Waals surface area contributed by atoms with Gasteiger partial charge in [-0.25, -0.2) is 17.8 Å². The molecule has 1 aromatic heterocycles. The summed E-state index contributed by atoms with van der Waals surface area (Å²) in [5, 5.41) is 7.27. The Morgan fingerprint density at radius 2 is 2.12 bits per heavy atom. The number of rotatable bonds is 5. The van der Waals surface area contributed by atoms with Crippen LogP contribution in [0.3, 0.4) is 0 Å². The number of sulfonamides is 1. The number of aromatic nitrogens is 3. The first-order valence-electron chi connectivity index (χ1n) is 4.93. The third-order valence-electron chi connectivity index (χ3n) is 2.43. The predicted molar refractivity (Wildman–Crippen MR) is 68.4 cm³/mol. The highest BCUT2D eigenvalue weighted by Gasteiger charge is 2.27. The zero-order chi connectivity index (χ0) is 13.2. The first-order chi connectivity index (χ1) is 7.79. The molecule has 98 valence electrons. The Kier molecular flexibility index (Phi) is 4.94. The number of halogens is 2. The molecular formula is C8H14BrClN4O2S. The van der Waals surface area contributed by atoms with Crippen molar-refractivity contribution < 1.29 is 8.42 Å². The van der Waals surface area contributed by atoms with E-state index in [0.717, 1.165) is 0 Å². The molecule has 17 heavy (non-hydrogen) atoms. The Morgan fingerprint density at radius 1 is 1.53 bits per heavy atom. The number of alkyl halides is 1. The number of nitrogens with zero attached hydrogens (tertiary/aromatic N) is 3. The lowest BCUT2D eigenvalue weighted by atomic mass is 10.1. The van der Waals surface area contributed by atoms with Gasteiger partial charge in [-0.15, -0.1) is 16.7 Å². The largest absolute Gasteiger partial charge is 0.260 e. The fourth-order valence-corrected chi connectivity index (χ4v) is 3.87. The van der Waals surface area contributed by atoms with Gasteiger partial charge in [-0.1, -0.05) is 12.1 Å². The van der Waals surface area contributed by atoms with Crippen LogP contribution >= 0.6 is 27.5 Å². The predicted octanol–water partition coefficient (Wildman–Crippen LogP) is 1.12. The van der Waals surface area contributed by atoms with Crippen LogP contribution in [0.4, 0.5) is 0 Å². The van der Waals surface area contributed by atoms with Crippen LogP contribution in [0.15, 0.2) is 9.63 Å². The summed E-state index contributed by atoms with van der Waals surface area (Å²) in [6.07, 6.45) is 0. The zero-order valence-corrected chi connectivity index (χ0v) is 12.8. The van der Waals surface area contributed by atoms with Crippen LogP contribution in [-0.4, -0.2) is 35.3 Å². The first-order valence-corrected chi connectivity index (χ1v) is 7.74. The summed E-state index contributed by atoms with van der Waals surface area (Å²) in [5.74, 6) is 0.417. The molecular weight excluding hydrogens is 332 g/mol. The molecule has 0 aliphatic heterocycles. The van der Waals surface area contributed by atoms with E-state index in [1.54, 1.807) is 6.92 Å². The summed E-state index contributed by atoms with van der Waals surface area (Å²) in [5.41, 5.74) is 0. The number of hydrogen-bond donors (Lipinski definition) is 1. The van der Waals surface area contributed by atoms with E-state index in [2.05, 4.69) is 31.0 Å². The van der Waals surface area contributed by atoms with E-state index in [1.807, 2.05) is 6.92 Å². The fraction of sp³-hybridized carbons (Fsp3) is 0.750. The highest BCUT2D eigenvalue weighted by Crippen LogP contribution is 2.19. The molecule has 2 atom stereocenters. The molecule has 0 fully saturated rings. The molecule has 1 N–H and O–H groups in total. The minimum atomic E-state index is -3.65. The van der Waals surface area contributed by atoms with Crippen molar-refractivity contribution in [2.75, 3.05) is 5.88 Å². The molecule has 0 spiro atoms. The molecule has 1 heterocycles. The quantitative estimate of drug-likeness (QED) is 0.811. The minimum Gasteiger partial charge on any atom is -0.235 e. The topological polar surface area (TPSA) is 76.9 Å². The summed E-state index contributed by atoms with van der Waals surface area (Å²) in [6.45, 7) is 3.64. The van der Waals surface area contributed by atoms with E-state index in [4.69, 9.17) is 11.6 Å². The van der Waals surface area contributed by atoms with E-state index in [-0.39, 0.29) is 21.6 Å². The summed E-state index contributed by atoms with van der Waals surface area (Å²) < 4.78 is 28.1. The van der Waals surface area contributed by atoms with Crippen molar-refractivity contribution in [1.29, 1.82) is 0 Å². The van der Waals surface area contributed by atoms with Crippen molar-refractivity contribution in [3.63, 3.8) is 0 Å². The smallest absolute Gasteiger partial charge is 0.235 e. The number of nitrogens with one attached hydrogen (secondary N) is 1. The van der Waals surface area contributed by atoms with Gasteiger partial charge in [0.15, 0.2) is 4.60 Å². The van der Waals surface area contributed by atoms with Crippen LogP contribution in [0, 0.1) is 5.92 Å². The summed E-state index contributed by atoms with van der Waals surface area (Å²) in [7, 11) is -2.13. The maximum Gasteiger partial charge on any atom is 0.260 e.